The normalized spacial score (nSPS) is 17.0. The Bertz CT molecular complexity index is 776. The van der Waals surface area contributed by atoms with Gasteiger partial charge >= 0.3 is 0 Å². The largest absolute Gasteiger partial charge is 0.454 e. The summed E-state index contributed by atoms with van der Waals surface area (Å²) >= 11 is 0. The Morgan fingerprint density at radius 1 is 1.04 bits per heavy atom. The topological polar surface area (TPSA) is 47.6 Å². The molecule has 2 aromatic rings. The van der Waals surface area contributed by atoms with Crippen molar-refractivity contribution >= 4 is 11.6 Å². The van der Waals surface area contributed by atoms with E-state index >= 15 is 0 Å². The van der Waals surface area contributed by atoms with Gasteiger partial charge in [0, 0.05) is 5.69 Å². The fourth-order valence-electron chi connectivity index (χ4n) is 3.17. The molecule has 2 aliphatic rings. The monoisotopic (exact) mass is 323 g/mol. The molecule has 0 saturated heterocycles. The van der Waals surface area contributed by atoms with Crippen molar-refractivity contribution in [1.82, 2.24) is 0 Å². The first-order valence-electron chi connectivity index (χ1n) is 8.40. The van der Waals surface area contributed by atoms with Crippen LogP contribution in [-0.2, 0) is 10.2 Å². The van der Waals surface area contributed by atoms with Gasteiger partial charge < -0.3 is 14.8 Å². The third kappa shape index (κ3) is 2.52. The highest BCUT2D eigenvalue weighted by Crippen LogP contribution is 2.51. The van der Waals surface area contributed by atoms with Gasteiger partial charge in [-0.2, -0.15) is 0 Å². The van der Waals surface area contributed by atoms with Gasteiger partial charge in [0.25, 0.3) is 0 Å². The van der Waals surface area contributed by atoms with Gasteiger partial charge in [-0.15, -0.1) is 0 Å². The van der Waals surface area contributed by atoms with Crippen LogP contribution >= 0.6 is 0 Å². The van der Waals surface area contributed by atoms with Gasteiger partial charge in [-0.3, -0.25) is 4.79 Å². The summed E-state index contributed by atoms with van der Waals surface area (Å²) in [6.45, 7) is 4.57. The highest BCUT2D eigenvalue weighted by atomic mass is 16.7. The van der Waals surface area contributed by atoms with Crippen LogP contribution < -0.4 is 14.8 Å². The molecule has 4 heteroatoms. The van der Waals surface area contributed by atoms with Gasteiger partial charge in [-0.1, -0.05) is 32.0 Å². The number of anilines is 1. The molecule has 124 valence electrons. The zero-order valence-electron chi connectivity index (χ0n) is 14.0. The molecular formula is C20H21NO3. The van der Waals surface area contributed by atoms with E-state index in [9.17, 15) is 4.79 Å². The Kier molecular flexibility index (Phi) is 3.48. The number of hydrogen-bond donors (Lipinski definition) is 1. The molecule has 1 heterocycles. The van der Waals surface area contributed by atoms with Crippen molar-refractivity contribution in [3.63, 3.8) is 0 Å². The molecular weight excluding hydrogens is 302 g/mol. The molecule has 0 bridgehead atoms. The summed E-state index contributed by atoms with van der Waals surface area (Å²) in [5.74, 6) is 2.02. The lowest BCUT2D eigenvalue weighted by molar-refractivity contribution is -0.118. The Labute approximate surface area is 141 Å². The van der Waals surface area contributed by atoms with Gasteiger partial charge in [0.05, 0.1) is 5.41 Å². The molecule has 0 unspecified atom stereocenters. The molecule has 24 heavy (non-hydrogen) atoms. The second-order valence-corrected chi connectivity index (χ2v) is 6.88. The van der Waals surface area contributed by atoms with Crippen molar-refractivity contribution < 1.29 is 14.3 Å². The highest BCUT2D eigenvalue weighted by Gasteiger charge is 2.51. The van der Waals surface area contributed by atoms with E-state index in [0.29, 0.717) is 5.92 Å². The number of rotatable bonds is 4. The van der Waals surface area contributed by atoms with Crippen molar-refractivity contribution in [2.75, 3.05) is 12.1 Å². The number of fused-ring (bicyclic) bond motifs is 1. The Hall–Kier alpha value is -2.49. The second kappa shape index (κ2) is 5.55. The van der Waals surface area contributed by atoms with Gasteiger partial charge in [0.1, 0.15) is 0 Å². The number of carbonyl (C=O) groups is 1. The van der Waals surface area contributed by atoms with E-state index in [1.807, 2.05) is 30.3 Å². The van der Waals surface area contributed by atoms with Crippen LogP contribution in [0.25, 0.3) is 0 Å². The average molecular weight is 323 g/mol. The lowest BCUT2D eigenvalue weighted by Crippen LogP contribution is -2.27. The van der Waals surface area contributed by atoms with E-state index in [1.54, 1.807) is 0 Å². The second-order valence-electron chi connectivity index (χ2n) is 6.88. The molecule has 1 aliphatic heterocycles. The van der Waals surface area contributed by atoms with Crippen molar-refractivity contribution in [1.29, 1.82) is 0 Å². The standard InChI is InChI=1S/C20H21NO3/c1-13(2)14-3-6-16(7-4-14)21-19(22)20(9-10-20)15-5-8-17-18(11-15)24-12-23-17/h3-8,11,13H,9-10,12H2,1-2H3,(H,21,22). The van der Waals surface area contributed by atoms with Crippen LogP contribution in [0.15, 0.2) is 42.5 Å². The van der Waals surface area contributed by atoms with Gasteiger partial charge in [-0.25, -0.2) is 0 Å². The molecule has 2 aromatic carbocycles. The number of carbonyl (C=O) groups excluding carboxylic acids is 1. The smallest absolute Gasteiger partial charge is 0.235 e. The Balaban J connectivity index is 1.53. The molecule has 0 atom stereocenters. The van der Waals surface area contributed by atoms with Gasteiger partial charge in [-0.05, 0) is 54.2 Å². The van der Waals surface area contributed by atoms with E-state index < -0.39 is 5.41 Å². The Morgan fingerprint density at radius 3 is 2.42 bits per heavy atom. The average Bonchev–Trinajstić information content (AvgIpc) is 3.27. The summed E-state index contributed by atoms with van der Waals surface area (Å²) in [5, 5.41) is 3.07. The van der Waals surface area contributed by atoms with Crippen LogP contribution in [0.4, 0.5) is 5.69 Å². The van der Waals surface area contributed by atoms with Crippen molar-refractivity contribution in [3.05, 3.63) is 53.6 Å². The fraction of sp³-hybridized carbons (Fsp3) is 0.350. The molecule has 1 amide bonds. The molecule has 1 N–H and O–H groups in total. The summed E-state index contributed by atoms with van der Waals surface area (Å²) in [6, 6.07) is 13.9. The van der Waals surface area contributed by atoms with Gasteiger partial charge in [0.15, 0.2) is 11.5 Å². The maximum atomic E-state index is 12.8. The van der Waals surface area contributed by atoms with Crippen molar-refractivity contribution in [3.8, 4) is 11.5 Å². The quantitative estimate of drug-likeness (QED) is 0.917. The number of benzene rings is 2. The van der Waals surface area contributed by atoms with Crippen molar-refractivity contribution in [2.24, 2.45) is 0 Å². The Morgan fingerprint density at radius 2 is 1.75 bits per heavy atom. The molecule has 4 nitrogen and oxygen atoms in total. The van der Waals surface area contributed by atoms with E-state index in [-0.39, 0.29) is 12.7 Å². The van der Waals surface area contributed by atoms with Crippen molar-refractivity contribution in [2.45, 2.75) is 38.0 Å². The minimum absolute atomic E-state index is 0.0543. The predicted octanol–water partition coefficient (Wildman–Crippen LogP) is 4.21. The van der Waals surface area contributed by atoms with E-state index in [0.717, 1.165) is 35.6 Å². The van der Waals surface area contributed by atoms with Crippen LogP contribution in [-0.4, -0.2) is 12.7 Å². The maximum Gasteiger partial charge on any atom is 0.235 e. The molecule has 1 aliphatic carbocycles. The first-order chi connectivity index (χ1) is 11.6. The molecule has 1 saturated carbocycles. The summed E-state index contributed by atoms with van der Waals surface area (Å²) in [7, 11) is 0. The molecule has 1 fully saturated rings. The zero-order chi connectivity index (χ0) is 16.7. The number of nitrogens with one attached hydrogen (secondary N) is 1. The van der Waals surface area contributed by atoms with Gasteiger partial charge in [0.2, 0.25) is 12.7 Å². The first-order valence-corrected chi connectivity index (χ1v) is 8.40. The SMILES string of the molecule is CC(C)c1ccc(NC(=O)C2(c3ccc4c(c3)OCO4)CC2)cc1. The van der Waals surface area contributed by atoms with Crippen LogP contribution in [0, 0.1) is 0 Å². The highest BCUT2D eigenvalue weighted by molar-refractivity contribution is 6.01. The zero-order valence-corrected chi connectivity index (χ0v) is 14.0. The first kappa shape index (κ1) is 15.1. The van der Waals surface area contributed by atoms with E-state index in [1.165, 1.54) is 5.56 Å². The van der Waals surface area contributed by atoms with E-state index in [2.05, 4.69) is 31.3 Å². The predicted molar refractivity (Wildman–Crippen MR) is 92.6 cm³/mol. The number of amides is 1. The van der Waals surface area contributed by atoms with Crippen LogP contribution in [0.3, 0.4) is 0 Å². The summed E-state index contributed by atoms with van der Waals surface area (Å²) in [5.41, 5.74) is 2.68. The fourth-order valence-corrected chi connectivity index (χ4v) is 3.17. The molecule has 4 rings (SSSR count). The van der Waals surface area contributed by atoms with Crippen LogP contribution in [0.2, 0.25) is 0 Å². The minimum atomic E-state index is -0.433. The van der Waals surface area contributed by atoms with Crippen LogP contribution in [0.1, 0.15) is 43.7 Å². The number of ether oxygens (including phenoxy) is 2. The number of hydrogen-bond acceptors (Lipinski definition) is 3. The maximum absolute atomic E-state index is 12.8. The summed E-state index contributed by atoms with van der Waals surface area (Å²) < 4.78 is 10.8. The lowest BCUT2D eigenvalue weighted by atomic mass is 9.94. The van der Waals surface area contributed by atoms with E-state index in [4.69, 9.17) is 9.47 Å². The minimum Gasteiger partial charge on any atom is -0.454 e. The molecule has 0 radical (unpaired) electrons. The third-order valence-corrected chi connectivity index (χ3v) is 4.95. The molecule has 0 spiro atoms. The third-order valence-electron chi connectivity index (χ3n) is 4.95. The lowest BCUT2D eigenvalue weighted by Gasteiger charge is -2.17. The van der Waals surface area contributed by atoms with Crippen LogP contribution in [0.5, 0.6) is 11.5 Å². The summed E-state index contributed by atoms with van der Waals surface area (Å²) in [6.07, 6.45) is 1.73. The summed E-state index contributed by atoms with van der Waals surface area (Å²) in [4.78, 5) is 12.8. The molecule has 0 aromatic heterocycles.